The number of aryl methyl sites for hydroxylation is 1. The quantitative estimate of drug-likeness (QED) is 0.727. The smallest absolute Gasteiger partial charge is 0.263 e. The molecular formula is C24H31N3O3. The summed E-state index contributed by atoms with van der Waals surface area (Å²) >= 11 is 0. The highest BCUT2D eigenvalue weighted by molar-refractivity contribution is 5.93. The number of nitrogens with one attached hydrogen (secondary N) is 1. The van der Waals surface area contributed by atoms with Crippen molar-refractivity contribution in [3.05, 3.63) is 60.2 Å². The van der Waals surface area contributed by atoms with Crippen LogP contribution in [0.2, 0.25) is 0 Å². The fourth-order valence-electron chi connectivity index (χ4n) is 3.65. The van der Waals surface area contributed by atoms with Gasteiger partial charge in [0.25, 0.3) is 5.91 Å². The maximum absolute atomic E-state index is 12.9. The Balaban J connectivity index is 1.47. The molecule has 1 fully saturated rings. The van der Waals surface area contributed by atoms with E-state index in [1.165, 1.54) is 0 Å². The van der Waals surface area contributed by atoms with E-state index in [1.807, 2.05) is 66.4 Å². The normalized spacial score (nSPS) is 15.5. The predicted molar refractivity (Wildman–Crippen MR) is 119 cm³/mol. The van der Waals surface area contributed by atoms with Crippen LogP contribution in [0.4, 0.5) is 5.69 Å². The van der Waals surface area contributed by atoms with Crippen LogP contribution in [0, 0.1) is 0 Å². The molecule has 0 saturated carbocycles. The molecule has 0 bridgehead atoms. The van der Waals surface area contributed by atoms with Crippen LogP contribution in [0.1, 0.15) is 25.8 Å². The minimum atomic E-state index is -0.479. The zero-order valence-corrected chi connectivity index (χ0v) is 17.8. The lowest BCUT2D eigenvalue weighted by Crippen LogP contribution is -2.53. The molecule has 0 unspecified atom stereocenters. The lowest BCUT2D eigenvalue weighted by Gasteiger charge is -2.36. The first kappa shape index (κ1) is 21.8. The monoisotopic (exact) mass is 409 g/mol. The number of nitrogens with zero attached hydrogens (tertiary/aromatic N) is 2. The molecule has 1 aliphatic heterocycles. The highest BCUT2D eigenvalue weighted by atomic mass is 16.5. The van der Waals surface area contributed by atoms with E-state index in [9.17, 15) is 9.59 Å². The third-order valence-electron chi connectivity index (χ3n) is 5.39. The standard InChI is InChI=1S/C24H31N3O3/c1-3-19-10-8-9-13-21(19)25-23(28)18-26-14-16-27(17-15-26)24(29)22(4-2)30-20-11-6-5-7-12-20/h5-13,22H,3-4,14-18H2,1-2H3,(H,25,28)/t22-/m0/s1. The number of anilines is 1. The van der Waals surface area contributed by atoms with E-state index in [2.05, 4.69) is 17.1 Å². The molecule has 6 nitrogen and oxygen atoms in total. The molecule has 0 aromatic heterocycles. The van der Waals surface area contributed by atoms with Crippen molar-refractivity contribution in [3.63, 3.8) is 0 Å². The zero-order valence-electron chi connectivity index (χ0n) is 17.8. The molecular weight excluding hydrogens is 378 g/mol. The van der Waals surface area contributed by atoms with E-state index < -0.39 is 6.10 Å². The molecule has 30 heavy (non-hydrogen) atoms. The third-order valence-corrected chi connectivity index (χ3v) is 5.39. The van der Waals surface area contributed by atoms with Crippen molar-refractivity contribution in [2.45, 2.75) is 32.8 Å². The second-order valence-electron chi connectivity index (χ2n) is 7.49. The van der Waals surface area contributed by atoms with Gasteiger partial charge >= 0.3 is 0 Å². The summed E-state index contributed by atoms with van der Waals surface area (Å²) in [7, 11) is 0. The van der Waals surface area contributed by atoms with Gasteiger partial charge in [-0.25, -0.2) is 0 Å². The minimum absolute atomic E-state index is 0.0160. The number of carbonyl (C=O) groups is 2. The molecule has 2 aromatic carbocycles. The molecule has 0 spiro atoms. The van der Waals surface area contributed by atoms with E-state index in [0.29, 0.717) is 44.9 Å². The Morgan fingerprint density at radius 2 is 1.63 bits per heavy atom. The molecule has 1 aliphatic rings. The number of piperazine rings is 1. The first-order valence-corrected chi connectivity index (χ1v) is 10.7. The van der Waals surface area contributed by atoms with Gasteiger partial charge in [-0.1, -0.05) is 50.2 Å². The molecule has 1 N–H and O–H groups in total. The Kier molecular flexibility index (Phi) is 7.85. The lowest BCUT2D eigenvalue weighted by atomic mass is 10.1. The largest absolute Gasteiger partial charge is 0.481 e. The van der Waals surface area contributed by atoms with E-state index in [0.717, 1.165) is 17.7 Å². The molecule has 160 valence electrons. The lowest BCUT2D eigenvalue weighted by molar-refractivity contribution is -0.140. The van der Waals surface area contributed by atoms with Crippen molar-refractivity contribution in [3.8, 4) is 5.75 Å². The number of hydrogen-bond donors (Lipinski definition) is 1. The Hall–Kier alpha value is -2.86. The Labute approximate surface area is 178 Å². The summed E-state index contributed by atoms with van der Waals surface area (Å²) in [6, 6.07) is 17.3. The summed E-state index contributed by atoms with van der Waals surface area (Å²) in [4.78, 5) is 29.3. The maximum atomic E-state index is 12.9. The van der Waals surface area contributed by atoms with Crippen molar-refractivity contribution in [1.29, 1.82) is 0 Å². The first-order chi connectivity index (χ1) is 14.6. The fourth-order valence-corrected chi connectivity index (χ4v) is 3.65. The SMILES string of the molecule is CCc1ccccc1NC(=O)CN1CCN(C(=O)[C@H](CC)Oc2ccccc2)CC1. The summed E-state index contributed by atoms with van der Waals surface area (Å²) < 4.78 is 5.89. The van der Waals surface area contributed by atoms with Gasteiger partial charge in [0, 0.05) is 31.9 Å². The highest BCUT2D eigenvalue weighted by Gasteiger charge is 2.28. The van der Waals surface area contributed by atoms with Gasteiger partial charge in [-0.3, -0.25) is 14.5 Å². The van der Waals surface area contributed by atoms with Gasteiger partial charge in [0.05, 0.1) is 6.54 Å². The number of carbonyl (C=O) groups excluding carboxylic acids is 2. The van der Waals surface area contributed by atoms with E-state index in [4.69, 9.17) is 4.74 Å². The van der Waals surface area contributed by atoms with Crippen LogP contribution in [-0.2, 0) is 16.0 Å². The van der Waals surface area contributed by atoms with E-state index >= 15 is 0 Å². The van der Waals surface area contributed by atoms with Gasteiger partial charge in [0.2, 0.25) is 5.91 Å². The number of rotatable bonds is 8. The highest BCUT2D eigenvalue weighted by Crippen LogP contribution is 2.17. The maximum Gasteiger partial charge on any atom is 0.263 e. The molecule has 6 heteroatoms. The van der Waals surface area contributed by atoms with Crippen molar-refractivity contribution in [1.82, 2.24) is 9.80 Å². The van der Waals surface area contributed by atoms with Crippen molar-refractivity contribution < 1.29 is 14.3 Å². The first-order valence-electron chi connectivity index (χ1n) is 10.7. The summed E-state index contributed by atoms with van der Waals surface area (Å²) in [5.74, 6) is 0.706. The summed E-state index contributed by atoms with van der Waals surface area (Å²) in [5.41, 5.74) is 2.01. The second-order valence-corrected chi connectivity index (χ2v) is 7.49. The van der Waals surface area contributed by atoms with Gasteiger partial charge in [-0.05, 0) is 36.6 Å². The van der Waals surface area contributed by atoms with Crippen LogP contribution in [0.15, 0.2) is 54.6 Å². The van der Waals surface area contributed by atoms with Crippen molar-refractivity contribution in [2.75, 3.05) is 38.0 Å². The fraction of sp³-hybridized carbons (Fsp3) is 0.417. The predicted octanol–water partition coefficient (Wildman–Crippen LogP) is 3.19. The van der Waals surface area contributed by atoms with Gasteiger partial charge < -0.3 is 15.0 Å². The van der Waals surface area contributed by atoms with Crippen molar-refractivity contribution in [2.24, 2.45) is 0 Å². The molecule has 1 heterocycles. The Bertz CT molecular complexity index is 833. The average Bonchev–Trinajstić information content (AvgIpc) is 2.78. The molecule has 1 saturated heterocycles. The number of hydrogen-bond acceptors (Lipinski definition) is 4. The minimum Gasteiger partial charge on any atom is -0.481 e. The summed E-state index contributed by atoms with van der Waals surface area (Å²) in [5, 5.41) is 3.02. The molecule has 2 aromatic rings. The van der Waals surface area contributed by atoms with E-state index in [1.54, 1.807) is 0 Å². The van der Waals surface area contributed by atoms with Gasteiger partial charge in [0.1, 0.15) is 5.75 Å². The van der Waals surface area contributed by atoms with Crippen molar-refractivity contribution >= 4 is 17.5 Å². The van der Waals surface area contributed by atoms with Crippen LogP contribution in [-0.4, -0.2) is 60.4 Å². The molecule has 1 atom stereocenters. The van der Waals surface area contributed by atoms with Crippen LogP contribution in [0.25, 0.3) is 0 Å². The summed E-state index contributed by atoms with van der Waals surface area (Å²) in [6.07, 6.45) is 1.02. The summed E-state index contributed by atoms with van der Waals surface area (Å²) in [6.45, 7) is 6.93. The van der Waals surface area contributed by atoms with Gasteiger partial charge in [0.15, 0.2) is 6.10 Å². The molecule has 2 amide bonds. The number of para-hydroxylation sites is 2. The molecule has 0 aliphatic carbocycles. The second kappa shape index (κ2) is 10.8. The van der Waals surface area contributed by atoms with Gasteiger partial charge in [-0.15, -0.1) is 0 Å². The van der Waals surface area contributed by atoms with Crippen LogP contribution >= 0.6 is 0 Å². The van der Waals surface area contributed by atoms with Crippen LogP contribution in [0.3, 0.4) is 0 Å². The molecule has 3 rings (SSSR count). The van der Waals surface area contributed by atoms with Crippen LogP contribution in [0.5, 0.6) is 5.75 Å². The topological polar surface area (TPSA) is 61.9 Å². The average molecular weight is 410 g/mol. The zero-order chi connectivity index (χ0) is 21.3. The Morgan fingerprint density at radius 1 is 0.967 bits per heavy atom. The number of ether oxygens (including phenoxy) is 1. The van der Waals surface area contributed by atoms with Gasteiger partial charge in [-0.2, -0.15) is 0 Å². The molecule has 0 radical (unpaired) electrons. The number of amides is 2. The van der Waals surface area contributed by atoms with Crippen LogP contribution < -0.4 is 10.1 Å². The number of benzene rings is 2. The Morgan fingerprint density at radius 3 is 2.30 bits per heavy atom. The third kappa shape index (κ3) is 5.83. The van der Waals surface area contributed by atoms with E-state index in [-0.39, 0.29) is 11.8 Å².